The molecule has 0 aliphatic carbocycles. The number of hydrogen-bond acceptors (Lipinski definition) is 2. The van der Waals surface area contributed by atoms with Gasteiger partial charge in [0, 0.05) is 5.56 Å². The van der Waals surface area contributed by atoms with Crippen molar-refractivity contribution >= 4 is 17.5 Å². The number of aliphatic carboxylic acids is 1. The van der Waals surface area contributed by atoms with Gasteiger partial charge in [-0.15, -0.1) is 0 Å². The van der Waals surface area contributed by atoms with E-state index in [1.54, 1.807) is 18.2 Å². The van der Waals surface area contributed by atoms with E-state index in [9.17, 15) is 9.59 Å². The second kappa shape index (κ2) is 4.11. The normalized spacial score (nSPS) is 8.86. The second-order valence-electron chi connectivity index (χ2n) is 2.45. The van der Waals surface area contributed by atoms with Crippen LogP contribution in [0.2, 0.25) is 0 Å². The van der Waals surface area contributed by atoms with E-state index in [1.165, 1.54) is 12.1 Å². The molecule has 0 amide bonds. The van der Waals surface area contributed by atoms with Crippen molar-refractivity contribution in [3.8, 4) is 0 Å². The summed E-state index contributed by atoms with van der Waals surface area (Å²) < 4.78 is 0. The summed E-state index contributed by atoms with van der Waals surface area (Å²) in [5, 5.41) is 8.49. The Balaban J connectivity index is 3.09. The molecule has 0 aliphatic heterocycles. The van der Waals surface area contributed by atoms with Gasteiger partial charge < -0.3 is 10.6 Å². The molecule has 1 N–H and O–H groups in total. The molecule has 0 bridgehead atoms. The van der Waals surface area contributed by atoms with Gasteiger partial charge in [0.15, 0.2) is 0 Å². The molecule has 1 aromatic rings. The Hall–Kier alpha value is -2.26. The Kier molecular flexibility index (Phi) is 2.89. The second-order valence-corrected chi connectivity index (χ2v) is 2.45. The van der Waals surface area contributed by atoms with Crippen LogP contribution < -0.4 is 0 Å². The molecule has 0 radical (unpaired) electrons. The topological polar surface area (TPSA) is 90.8 Å². The average Bonchev–Trinajstić information content (AvgIpc) is 2.19. The van der Waals surface area contributed by atoms with Crippen molar-refractivity contribution in [3.63, 3.8) is 0 Å². The zero-order valence-corrected chi connectivity index (χ0v) is 7.04. The van der Waals surface area contributed by atoms with Crippen LogP contribution in [0.15, 0.2) is 30.3 Å². The van der Waals surface area contributed by atoms with E-state index in [1.807, 2.05) is 0 Å². The fourth-order valence-electron chi connectivity index (χ4n) is 0.912. The van der Waals surface area contributed by atoms with Gasteiger partial charge >= 0.3 is 11.7 Å². The summed E-state index contributed by atoms with van der Waals surface area (Å²) in [7, 11) is 0. The minimum Gasteiger partial charge on any atom is -0.472 e. The van der Waals surface area contributed by atoms with Crippen LogP contribution in [0.3, 0.4) is 0 Å². The van der Waals surface area contributed by atoms with E-state index >= 15 is 0 Å². The number of Topliss-reactive ketones (excluding diaryl/α,β-unsaturated/α-hetero) is 1. The molecule has 5 heteroatoms. The highest BCUT2D eigenvalue weighted by Crippen LogP contribution is 2.00. The Morgan fingerprint density at radius 1 is 1.21 bits per heavy atom. The van der Waals surface area contributed by atoms with E-state index in [4.69, 9.17) is 10.6 Å². The van der Waals surface area contributed by atoms with E-state index < -0.39 is 17.5 Å². The summed E-state index contributed by atoms with van der Waals surface area (Å²) in [5.41, 5.74) is 7.59. The number of carboxylic acids is 1. The van der Waals surface area contributed by atoms with Gasteiger partial charge in [0.2, 0.25) is 0 Å². The van der Waals surface area contributed by atoms with Gasteiger partial charge in [0.05, 0.1) is 0 Å². The molecule has 0 fully saturated rings. The van der Waals surface area contributed by atoms with Gasteiger partial charge in [-0.1, -0.05) is 30.3 Å². The van der Waals surface area contributed by atoms with Crippen molar-refractivity contribution in [2.75, 3.05) is 0 Å². The third-order valence-electron chi connectivity index (χ3n) is 1.55. The summed E-state index contributed by atoms with van der Waals surface area (Å²) >= 11 is 0. The number of nitrogens with zero attached hydrogens (tertiary/aromatic N) is 2. The van der Waals surface area contributed by atoms with Gasteiger partial charge in [-0.3, -0.25) is 4.79 Å². The van der Waals surface area contributed by atoms with Crippen molar-refractivity contribution in [3.05, 3.63) is 41.4 Å². The van der Waals surface area contributed by atoms with Crippen LogP contribution in [0, 0.1) is 0 Å². The molecule has 5 nitrogen and oxygen atoms in total. The molecule has 0 atom stereocenters. The molecular weight excluding hydrogens is 184 g/mol. The highest BCUT2D eigenvalue weighted by Gasteiger charge is 2.29. The molecule has 0 aliphatic rings. The van der Waals surface area contributed by atoms with Gasteiger partial charge in [0.25, 0.3) is 5.78 Å². The van der Waals surface area contributed by atoms with Crippen LogP contribution in [0.4, 0.5) is 0 Å². The Morgan fingerprint density at radius 3 is 2.21 bits per heavy atom. The Morgan fingerprint density at radius 2 is 1.79 bits per heavy atom. The highest BCUT2D eigenvalue weighted by atomic mass is 16.4. The van der Waals surface area contributed by atoms with Gasteiger partial charge in [-0.25, -0.2) is 4.79 Å². The number of rotatable bonds is 3. The molecule has 0 unspecified atom stereocenters. The zero-order chi connectivity index (χ0) is 10.6. The van der Waals surface area contributed by atoms with Crippen molar-refractivity contribution in [1.29, 1.82) is 0 Å². The molecule has 1 aromatic carbocycles. The zero-order valence-electron chi connectivity index (χ0n) is 7.04. The van der Waals surface area contributed by atoms with Crippen LogP contribution >= 0.6 is 0 Å². The molecule has 0 spiro atoms. The van der Waals surface area contributed by atoms with Crippen molar-refractivity contribution in [2.24, 2.45) is 0 Å². The first-order valence-electron chi connectivity index (χ1n) is 3.72. The number of carbonyl (C=O) groups excluding carboxylic acids is 1. The lowest BCUT2D eigenvalue weighted by Crippen LogP contribution is -2.24. The molecule has 0 saturated heterocycles. The minimum absolute atomic E-state index is 0.169. The van der Waals surface area contributed by atoms with Crippen molar-refractivity contribution in [2.45, 2.75) is 0 Å². The predicted molar refractivity (Wildman–Crippen MR) is 47.0 cm³/mol. The number of ketones is 1. The minimum atomic E-state index is -1.55. The molecule has 0 aromatic heterocycles. The summed E-state index contributed by atoms with van der Waals surface area (Å²) in [6, 6.07) is 7.74. The molecule has 70 valence electrons. The van der Waals surface area contributed by atoms with Gasteiger partial charge in [0.1, 0.15) is 0 Å². The molecule has 0 heterocycles. The smallest absolute Gasteiger partial charge is 0.446 e. The summed E-state index contributed by atoms with van der Waals surface area (Å²) in [6.45, 7) is 0. The first kappa shape index (κ1) is 9.83. The van der Waals surface area contributed by atoms with Crippen LogP contribution in [-0.4, -0.2) is 27.4 Å². The van der Waals surface area contributed by atoms with Crippen molar-refractivity contribution in [1.82, 2.24) is 0 Å². The van der Waals surface area contributed by atoms with E-state index in [0.29, 0.717) is 0 Å². The largest absolute Gasteiger partial charge is 0.472 e. The maximum Gasteiger partial charge on any atom is 0.446 e. The Bertz CT molecular complexity index is 419. The molecule has 1 rings (SSSR count). The van der Waals surface area contributed by atoms with Gasteiger partial charge in [-0.05, 0) is 0 Å². The maximum atomic E-state index is 11.3. The van der Waals surface area contributed by atoms with Crippen LogP contribution in [0.5, 0.6) is 0 Å². The number of carbonyl (C=O) groups is 2. The fraction of sp³-hybridized carbons (Fsp3) is 0. The molecule has 14 heavy (non-hydrogen) atoms. The number of benzene rings is 1. The van der Waals surface area contributed by atoms with Crippen LogP contribution in [-0.2, 0) is 4.79 Å². The lowest BCUT2D eigenvalue weighted by Gasteiger charge is -1.91. The SMILES string of the molecule is [N-]=[N+]=C(C(=O)O)C(=O)c1ccccc1. The summed E-state index contributed by atoms with van der Waals surface area (Å²) in [6.07, 6.45) is 0. The Labute approximate surface area is 79.2 Å². The van der Waals surface area contributed by atoms with E-state index in [-0.39, 0.29) is 5.56 Å². The highest BCUT2D eigenvalue weighted by molar-refractivity contribution is 6.65. The third kappa shape index (κ3) is 1.91. The first-order chi connectivity index (χ1) is 6.66. The number of carboxylic acid groups (broad SMARTS) is 1. The quantitative estimate of drug-likeness (QED) is 0.249. The van der Waals surface area contributed by atoms with Crippen LogP contribution in [0.25, 0.3) is 5.53 Å². The third-order valence-corrected chi connectivity index (χ3v) is 1.55. The molecule has 0 saturated carbocycles. The van der Waals surface area contributed by atoms with E-state index in [2.05, 4.69) is 4.79 Å². The number of hydrogen-bond donors (Lipinski definition) is 1. The fourth-order valence-corrected chi connectivity index (χ4v) is 0.912. The molecular formula is C9H6N2O3. The monoisotopic (exact) mass is 190 g/mol. The van der Waals surface area contributed by atoms with Gasteiger partial charge in [-0.2, -0.15) is 4.79 Å². The average molecular weight is 190 g/mol. The maximum absolute atomic E-state index is 11.3. The van der Waals surface area contributed by atoms with Crippen molar-refractivity contribution < 1.29 is 19.5 Å². The standard InChI is InChI=1S/C9H6N2O3/c10-11-7(9(13)14)8(12)6-4-2-1-3-5-6/h1-5H,(H,13,14). The van der Waals surface area contributed by atoms with Crippen LogP contribution in [0.1, 0.15) is 10.4 Å². The lowest BCUT2D eigenvalue weighted by atomic mass is 10.1. The predicted octanol–water partition coefficient (Wildman–Crippen LogP) is 0.625. The summed E-state index contributed by atoms with van der Waals surface area (Å²) in [4.78, 5) is 24.2. The summed E-state index contributed by atoms with van der Waals surface area (Å²) in [5.74, 6) is -2.37. The lowest BCUT2D eigenvalue weighted by molar-refractivity contribution is -0.133. The van der Waals surface area contributed by atoms with E-state index in [0.717, 1.165) is 0 Å². The first-order valence-corrected chi connectivity index (χ1v) is 3.72.